The van der Waals surface area contributed by atoms with Gasteiger partial charge in [-0.25, -0.2) is 4.39 Å². The third-order valence-corrected chi connectivity index (χ3v) is 4.04. The second-order valence-electron chi connectivity index (χ2n) is 5.44. The van der Waals surface area contributed by atoms with Crippen molar-refractivity contribution in [2.24, 2.45) is 17.6 Å². The van der Waals surface area contributed by atoms with Crippen molar-refractivity contribution >= 4 is 11.9 Å². The number of hydrogen-bond donors (Lipinski definition) is 3. The molecule has 5 nitrogen and oxygen atoms in total. The Morgan fingerprint density at radius 1 is 1.38 bits per heavy atom. The Morgan fingerprint density at radius 2 is 2.14 bits per heavy atom. The van der Waals surface area contributed by atoms with Crippen LogP contribution >= 0.6 is 0 Å². The maximum Gasteiger partial charge on any atom is 0.306 e. The van der Waals surface area contributed by atoms with E-state index in [2.05, 4.69) is 5.32 Å². The van der Waals surface area contributed by atoms with Crippen molar-refractivity contribution in [2.45, 2.75) is 25.8 Å². The van der Waals surface area contributed by atoms with E-state index in [1.165, 1.54) is 12.1 Å². The van der Waals surface area contributed by atoms with Crippen LogP contribution in [0.1, 0.15) is 35.2 Å². The third-order valence-electron chi connectivity index (χ3n) is 4.04. The average molecular weight is 294 g/mol. The standard InChI is InChI=1S/C15H19FN2O3/c16-13-6-9(14(17)19)4-5-11(13)8-18-7-10-2-1-3-12(10)15(20)21/h4-6,10,12,18H,1-3,7-8H2,(H2,17,19)(H,20,21). The van der Waals surface area contributed by atoms with Crippen LogP contribution in [0.3, 0.4) is 0 Å². The van der Waals surface area contributed by atoms with Gasteiger partial charge >= 0.3 is 5.97 Å². The van der Waals surface area contributed by atoms with Gasteiger partial charge in [-0.3, -0.25) is 9.59 Å². The monoisotopic (exact) mass is 294 g/mol. The largest absolute Gasteiger partial charge is 0.481 e. The van der Waals surface area contributed by atoms with Crippen LogP contribution in [0, 0.1) is 17.7 Å². The summed E-state index contributed by atoms with van der Waals surface area (Å²) < 4.78 is 13.8. The van der Waals surface area contributed by atoms with E-state index in [-0.39, 0.29) is 17.4 Å². The zero-order valence-corrected chi connectivity index (χ0v) is 11.6. The fourth-order valence-electron chi connectivity index (χ4n) is 2.84. The van der Waals surface area contributed by atoms with Crippen LogP contribution in [-0.2, 0) is 11.3 Å². The Labute approximate surface area is 122 Å². The molecule has 2 rings (SSSR count). The highest BCUT2D eigenvalue weighted by Crippen LogP contribution is 2.31. The number of halogens is 1. The van der Waals surface area contributed by atoms with Gasteiger partial charge in [-0.15, -0.1) is 0 Å². The summed E-state index contributed by atoms with van der Waals surface area (Å²) in [5, 5.41) is 12.2. The number of nitrogens with two attached hydrogens (primary N) is 1. The molecule has 1 saturated carbocycles. The highest BCUT2D eigenvalue weighted by Gasteiger charge is 2.32. The van der Waals surface area contributed by atoms with Crippen LogP contribution in [0.15, 0.2) is 18.2 Å². The summed E-state index contributed by atoms with van der Waals surface area (Å²) in [5.41, 5.74) is 5.65. The van der Waals surface area contributed by atoms with Gasteiger partial charge in [0.05, 0.1) is 5.92 Å². The second kappa shape index (κ2) is 6.67. The van der Waals surface area contributed by atoms with Crippen LogP contribution in [0.25, 0.3) is 0 Å². The minimum Gasteiger partial charge on any atom is -0.481 e. The summed E-state index contributed by atoms with van der Waals surface area (Å²) >= 11 is 0. The highest BCUT2D eigenvalue weighted by atomic mass is 19.1. The number of carbonyl (C=O) groups excluding carboxylic acids is 1. The molecule has 1 aliphatic carbocycles. The number of carbonyl (C=O) groups is 2. The van der Waals surface area contributed by atoms with Crippen molar-refractivity contribution in [3.63, 3.8) is 0 Å². The molecule has 0 aromatic heterocycles. The first-order valence-electron chi connectivity index (χ1n) is 7.00. The molecule has 4 N–H and O–H groups in total. The molecule has 1 aliphatic rings. The van der Waals surface area contributed by atoms with Gasteiger partial charge in [0.15, 0.2) is 0 Å². The van der Waals surface area contributed by atoms with E-state index in [0.717, 1.165) is 18.9 Å². The molecule has 2 atom stereocenters. The molecule has 0 saturated heterocycles. The zero-order valence-electron chi connectivity index (χ0n) is 11.6. The van der Waals surface area contributed by atoms with Crippen molar-refractivity contribution < 1.29 is 19.1 Å². The fraction of sp³-hybridized carbons (Fsp3) is 0.467. The molecule has 1 aromatic carbocycles. The van der Waals surface area contributed by atoms with Crippen LogP contribution in [0.4, 0.5) is 4.39 Å². The predicted molar refractivity (Wildman–Crippen MR) is 75.1 cm³/mol. The molecule has 0 radical (unpaired) electrons. The molecule has 0 aliphatic heterocycles. The van der Waals surface area contributed by atoms with Crippen LogP contribution in [-0.4, -0.2) is 23.5 Å². The molecule has 0 spiro atoms. The number of aliphatic carboxylic acids is 1. The van der Waals surface area contributed by atoms with Gasteiger partial charge < -0.3 is 16.2 Å². The topological polar surface area (TPSA) is 92.4 Å². The number of nitrogens with one attached hydrogen (secondary N) is 1. The highest BCUT2D eigenvalue weighted by molar-refractivity contribution is 5.92. The van der Waals surface area contributed by atoms with Crippen molar-refractivity contribution in [3.8, 4) is 0 Å². The minimum absolute atomic E-state index is 0.0930. The van der Waals surface area contributed by atoms with Crippen molar-refractivity contribution in [1.82, 2.24) is 5.32 Å². The number of primary amides is 1. The minimum atomic E-state index is -0.753. The van der Waals surface area contributed by atoms with E-state index in [1.54, 1.807) is 0 Å². The third kappa shape index (κ3) is 3.78. The lowest BCUT2D eigenvalue weighted by atomic mass is 9.96. The van der Waals surface area contributed by atoms with Gasteiger partial charge in [0.2, 0.25) is 5.91 Å². The molecular formula is C15H19FN2O3. The Balaban J connectivity index is 1.89. The molecule has 1 aromatic rings. The lowest BCUT2D eigenvalue weighted by molar-refractivity contribution is -0.142. The molecule has 2 unspecified atom stereocenters. The normalized spacial score (nSPS) is 21.4. The van der Waals surface area contributed by atoms with Crippen molar-refractivity contribution in [2.75, 3.05) is 6.54 Å². The Bertz CT molecular complexity index is 548. The number of rotatable bonds is 6. The molecule has 21 heavy (non-hydrogen) atoms. The van der Waals surface area contributed by atoms with Gasteiger partial charge in [-0.05, 0) is 37.4 Å². The number of hydrogen-bond acceptors (Lipinski definition) is 3. The van der Waals surface area contributed by atoms with Gasteiger partial charge in [0.1, 0.15) is 5.82 Å². The maximum atomic E-state index is 13.8. The van der Waals surface area contributed by atoms with Gasteiger partial charge in [-0.2, -0.15) is 0 Å². The van der Waals surface area contributed by atoms with E-state index in [0.29, 0.717) is 25.1 Å². The summed E-state index contributed by atoms with van der Waals surface area (Å²) in [5.74, 6) is -2.12. The maximum absolute atomic E-state index is 13.8. The quantitative estimate of drug-likeness (QED) is 0.741. The summed E-state index contributed by atoms with van der Waals surface area (Å²) in [4.78, 5) is 22.0. The SMILES string of the molecule is NC(=O)c1ccc(CNCC2CCCC2C(=O)O)c(F)c1. The lowest BCUT2D eigenvalue weighted by Gasteiger charge is -2.16. The first kappa shape index (κ1) is 15.4. The van der Waals surface area contributed by atoms with Gasteiger partial charge in [0.25, 0.3) is 0 Å². The second-order valence-corrected chi connectivity index (χ2v) is 5.44. The number of benzene rings is 1. The Hall–Kier alpha value is -1.95. The summed E-state index contributed by atoms with van der Waals surface area (Å²) in [7, 11) is 0. The molecule has 1 amide bonds. The van der Waals surface area contributed by atoms with E-state index < -0.39 is 17.7 Å². The molecule has 114 valence electrons. The smallest absolute Gasteiger partial charge is 0.306 e. The Kier molecular flexibility index (Phi) is 4.90. The molecular weight excluding hydrogens is 275 g/mol. The number of carboxylic acid groups (broad SMARTS) is 1. The molecule has 0 heterocycles. The summed E-state index contributed by atoms with van der Waals surface area (Å²) in [6.45, 7) is 0.849. The zero-order chi connectivity index (χ0) is 15.4. The van der Waals surface area contributed by atoms with E-state index in [1.807, 2.05) is 0 Å². The molecule has 0 bridgehead atoms. The number of carboxylic acids is 1. The number of amides is 1. The lowest BCUT2D eigenvalue weighted by Crippen LogP contribution is -2.29. The fourth-order valence-corrected chi connectivity index (χ4v) is 2.84. The molecule has 1 fully saturated rings. The molecule has 6 heteroatoms. The van der Waals surface area contributed by atoms with Gasteiger partial charge in [-0.1, -0.05) is 12.5 Å². The summed E-state index contributed by atoms with van der Waals surface area (Å²) in [6.07, 6.45) is 2.52. The van der Waals surface area contributed by atoms with E-state index >= 15 is 0 Å². The summed E-state index contributed by atoms with van der Waals surface area (Å²) in [6, 6.07) is 4.12. The van der Waals surface area contributed by atoms with E-state index in [9.17, 15) is 14.0 Å². The predicted octanol–water partition coefficient (Wildman–Crippen LogP) is 1.52. The Morgan fingerprint density at radius 3 is 2.76 bits per heavy atom. The van der Waals surface area contributed by atoms with Gasteiger partial charge in [0, 0.05) is 17.7 Å². The van der Waals surface area contributed by atoms with Crippen molar-refractivity contribution in [1.29, 1.82) is 0 Å². The first-order chi connectivity index (χ1) is 9.99. The van der Waals surface area contributed by atoms with Crippen LogP contribution < -0.4 is 11.1 Å². The average Bonchev–Trinajstić information content (AvgIpc) is 2.89. The van der Waals surface area contributed by atoms with Crippen LogP contribution in [0.5, 0.6) is 0 Å². The van der Waals surface area contributed by atoms with E-state index in [4.69, 9.17) is 10.8 Å². The van der Waals surface area contributed by atoms with Crippen LogP contribution in [0.2, 0.25) is 0 Å². The first-order valence-corrected chi connectivity index (χ1v) is 7.00. The van der Waals surface area contributed by atoms with Crippen molar-refractivity contribution in [3.05, 3.63) is 35.1 Å².